The SMILES string of the molecule is Cl.NCc1cc(=O)[nH]c(=O)[nH]1. The van der Waals surface area contributed by atoms with Gasteiger partial charge in [-0.15, -0.1) is 12.4 Å². The van der Waals surface area contributed by atoms with Crippen LogP contribution in [0.25, 0.3) is 0 Å². The third kappa shape index (κ3) is 2.57. The minimum absolute atomic E-state index is 0. The predicted molar refractivity (Wildman–Crippen MR) is 42.8 cm³/mol. The van der Waals surface area contributed by atoms with Gasteiger partial charge in [0.2, 0.25) is 0 Å². The van der Waals surface area contributed by atoms with Gasteiger partial charge in [-0.2, -0.15) is 0 Å². The van der Waals surface area contributed by atoms with Gasteiger partial charge in [-0.25, -0.2) is 4.79 Å². The second kappa shape index (κ2) is 3.95. The zero-order valence-electron chi connectivity index (χ0n) is 5.59. The van der Waals surface area contributed by atoms with Gasteiger partial charge in [0.1, 0.15) is 0 Å². The molecule has 0 aliphatic carbocycles. The normalized spacial score (nSPS) is 8.82. The zero-order valence-corrected chi connectivity index (χ0v) is 6.40. The molecular weight excluding hydrogens is 170 g/mol. The summed E-state index contributed by atoms with van der Waals surface area (Å²) in [6.07, 6.45) is 0. The molecule has 0 aromatic carbocycles. The third-order valence-electron chi connectivity index (χ3n) is 1.04. The lowest BCUT2D eigenvalue weighted by Crippen LogP contribution is -2.23. The Morgan fingerprint density at radius 1 is 1.36 bits per heavy atom. The molecule has 1 heterocycles. The quantitative estimate of drug-likeness (QED) is 0.511. The Kier molecular flexibility index (Phi) is 3.56. The molecule has 0 saturated heterocycles. The van der Waals surface area contributed by atoms with Crippen molar-refractivity contribution >= 4 is 12.4 Å². The molecule has 0 saturated carbocycles. The van der Waals surface area contributed by atoms with E-state index in [4.69, 9.17) is 5.73 Å². The highest BCUT2D eigenvalue weighted by Crippen LogP contribution is 1.77. The molecule has 1 aromatic heterocycles. The summed E-state index contributed by atoms with van der Waals surface area (Å²) < 4.78 is 0. The molecule has 0 aliphatic rings. The smallest absolute Gasteiger partial charge is 0.325 e. The number of H-pyrrole nitrogens is 2. The van der Waals surface area contributed by atoms with Crippen LogP contribution < -0.4 is 17.0 Å². The molecule has 0 unspecified atom stereocenters. The van der Waals surface area contributed by atoms with Gasteiger partial charge in [-0.1, -0.05) is 0 Å². The molecule has 0 atom stereocenters. The second-order valence-electron chi connectivity index (χ2n) is 1.82. The largest absolute Gasteiger partial charge is 0.325 e. The van der Waals surface area contributed by atoms with E-state index in [9.17, 15) is 9.59 Å². The average molecular weight is 178 g/mol. The summed E-state index contributed by atoms with van der Waals surface area (Å²) in [5.41, 5.74) is 4.66. The van der Waals surface area contributed by atoms with E-state index in [0.717, 1.165) is 0 Å². The van der Waals surface area contributed by atoms with Crippen molar-refractivity contribution in [2.75, 3.05) is 0 Å². The zero-order chi connectivity index (χ0) is 7.56. The number of aromatic nitrogens is 2. The van der Waals surface area contributed by atoms with E-state index in [1.807, 2.05) is 4.98 Å². The molecule has 5 nitrogen and oxygen atoms in total. The summed E-state index contributed by atoms with van der Waals surface area (Å²) in [5, 5.41) is 0. The van der Waals surface area contributed by atoms with Gasteiger partial charge in [0.05, 0.1) is 0 Å². The van der Waals surface area contributed by atoms with E-state index >= 15 is 0 Å². The Hall–Kier alpha value is -1.07. The van der Waals surface area contributed by atoms with Crippen LogP contribution in [0.3, 0.4) is 0 Å². The van der Waals surface area contributed by atoms with Crippen LogP contribution in [0.5, 0.6) is 0 Å². The standard InChI is InChI=1S/C5H7N3O2.ClH/c6-2-3-1-4(9)8-5(10)7-3;/h1H,2,6H2,(H2,7,8,9,10);1H. The number of hydrogen-bond acceptors (Lipinski definition) is 3. The number of nitrogens with one attached hydrogen (secondary N) is 2. The molecule has 1 rings (SSSR count). The fourth-order valence-electron chi connectivity index (χ4n) is 0.629. The van der Waals surface area contributed by atoms with E-state index in [2.05, 4.69) is 4.98 Å². The summed E-state index contributed by atoms with van der Waals surface area (Å²) >= 11 is 0. The van der Waals surface area contributed by atoms with Crippen molar-refractivity contribution in [1.82, 2.24) is 9.97 Å². The van der Waals surface area contributed by atoms with Gasteiger partial charge in [-0.05, 0) is 0 Å². The Morgan fingerprint density at radius 3 is 2.45 bits per heavy atom. The summed E-state index contributed by atoms with van der Waals surface area (Å²) in [5.74, 6) is 0. The molecule has 1 aromatic rings. The molecule has 6 heteroatoms. The van der Waals surface area contributed by atoms with E-state index in [-0.39, 0.29) is 19.0 Å². The molecule has 0 spiro atoms. The topological polar surface area (TPSA) is 91.7 Å². The fourth-order valence-corrected chi connectivity index (χ4v) is 0.629. The number of aromatic amines is 2. The molecule has 0 amide bonds. The molecule has 0 bridgehead atoms. The molecule has 0 fully saturated rings. The van der Waals surface area contributed by atoms with E-state index < -0.39 is 11.2 Å². The van der Waals surface area contributed by atoms with E-state index in [0.29, 0.717) is 5.69 Å². The van der Waals surface area contributed by atoms with Crippen LogP contribution in [-0.2, 0) is 6.54 Å². The van der Waals surface area contributed by atoms with Crippen LogP contribution in [0.2, 0.25) is 0 Å². The summed E-state index contributed by atoms with van der Waals surface area (Å²) in [7, 11) is 0. The minimum Gasteiger partial charge on any atom is -0.325 e. The lowest BCUT2D eigenvalue weighted by atomic mass is 10.4. The van der Waals surface area contributed by atoms with Crippen LogP contribution in [0.4, 0.5) is 0 Å². The van der Waals surface area contributed by atoms with E-state index in [1.165, 1.54) is 6.07 Å². The van der Waals surface area contributed by atoms with Crippen LogP contribution >= 0.6 is 12.4 Å². The number of hydrogen-bond donors (Lipinski definition) is 3. The van der Waals surface area contributed by atoms with Crippen LogP contribution in [0, 0.1) is 0 Å². The monoisotopic (exact) mass is 177 g/mol. The highest BCUT2D eigenvalue weighted by Gasteiger charge is 1.90. The molecular formula is C5H8ClN3O2. The Morgan fingerprint density at radius 2 is 2.00 bits per heavy atom. The van der Waals surface area contributed by atoms with Gasteiger partial charge in [-0.3, -0.25) is 9.78 Å². The van der Waals surface area contributed by atoms with Gasteiger partial charge >= 0.3 is 5.69 Å². The van der Waals surface area contributed by atoms with Crippen molar-refractivity contribution in [2.45, 2.75) is 6.54 Å². The Labute approximate surface area is 68.1 Å². The van der Waals surface area contributed by atoms with Gasteiger partial charge < -0.3 is 10.7 Å². The highest BCUT2D eigenvalue weighted by atomic mass is 35.5. The van der Waals surface area contributed by atoms with Gasteiger partial charge in [0, 0.05) is 18.3 Å². The minimum atomic E-state index is -0.520. The van der Waals surface area contributed by atoms with Crippen molar-refractivity contribution in [3.05, 3.63) is 32.6 Å². The molecule has 0 aliphatic heterocycles. The average Bonchev–Trinajstić information content (AvgIpc) is 1.85. The third-order valence-corrected chi connectivity index (χ3v) is 1.04. The van der Waals surface area contributed by atoms with Crippen LogP contribution in [0.15, 0.2) is 15.7 Å². The highest BCUT2D eigenvalue weighted by molar-refractivity contribution is 5.85. The lowest BCUT2D eigenvalue weighted by Gasteiger charge is -1.91. The van der Waals surface area contributed by atoms with Crippen molar-refractivity contribution in [3.8, 4) is 0 Å². The van der Waals surface area contributed by atoms with E-state index in [1.54, 1.807) is 0 Å². The lowest BCUT2D eigenvalue weighted by molar-refractivity contribution is 0.914. The van der Waals surface area contributed by atoms with Crippen molar-refractivity contribution in [1.29, 1.82) is 0 Å². The number of rotatable bonds is 1. The first kappa shape index (κ1) is 9.93. The van der Waals surface area contributed by atoms with Gasteiger partial charge in [0.25, 0.3) is 5.56 Å². The first-order valence-corrected chi connectivity index (χ1v) is 2.75. The molecule has 4 N–H and O–H groups in total. The second-order valence-corrected chi connectivity index (χ2v) is 1.82. The summed E-state index contributed by atoms with van der Waals surface area (Å²) in [6, 6.07) is 1.25. The summed E-state index contributed by atoms with van der Waals surface area (Å²) in [6.45, 7) is 0.166. The van der Waals surface area contributed by atoms with Crippen molar-refractivity contribution < 1.29 is 0 Å². The van der Waals surface area contributed by atoms with Crippen LogP contribution in [-0.4, -0.2) is 9.97 Å². The van der Waals surface area contributed by atoms with Crippen molar-refractivity contribution in [2.24, 2.45) is 5.73 Å². The van der Waals surface area contributed by atoms with Crippen molar-refractivity contribution in [3.63, 3.8) is 0 Å². The summed E-state index contributed by atoms with van der Waals surface area (Å²) in [4.78, 5) is 25.4. The molecule has 62 valence electrons. The Balaban J connectivity index is 0.000001000. The first-order valence-electron chi connectivity index (χ1n) is 2.75. The maximum absolute atomic E-state index is 10.5. The molecule has 11 heavy (non-hydrogen) atoms. The molecule has 0 radical (unpaired) electrons. The maximum Gasteiger partial charge on any atom is 0.325 e. The Bertz CT molecular complexity index is 301. The van der Waals surface area contributed by atoms with Crippen LogP contribution in [0.1, 0.15) is 5.69 Å². The number of nitrogens with two attached hydrogens (primary N) is 1. The maximum atomic E-state index is 10.5. The van der Waals surface area contributed by atoms with Gasteiger partial charge in [0.15, 0.2) is 0 Å². The first-order chi connectivity index (χ1) is 4.72. The number of halogens is 1. The predicted octanol–water partition coefficient (Wildman–Crippen LogP) is -1.06. The fraction of sp³-hybridized carbons (Fsp3) is 0.200.